The number of hydrogen-bond donors (Lipinski definition) is 0. The predicted molar refractivity (Wildman–Crippen MR) is 69.7 cm³/mol. The molecule has 0 amide bonds. The molecule has 19 heavy (non-hydrogen) atoms. The minimum atomic E-state index is -0.176. The highest BCUT2D eigenvalue weighted by molar-refractivity contribution is 5.40. The van der Waals surface area contributed by atoms with Gasteiger partial charge in [0.25, 0.3) is 0 Å². The van der Waals surface area contributed by atoms with Gasteiger partial charge in [-0.1, -0.05) is 6.07 Å². The summed E-state index contributed by atoms with van der Waals surface area (Å²) in [4.78, 5) is 10.7. The molecule has 0 radical (unpaired) electrons. The van der Waals surface area contributed by atoms with Crippen molar-refractivity contribution in [3.05, 3.63) is 47.4 Å². The fourth-order valence-electron chi connectivity index (χ4n) is 2.29. The van der Waals surface area contributed by atoms with Crippen molar-refractivity contribution in [2.45, 2.75) is 13.0 Å². The smallest absolute Gasteiger partial charge is 0.228 e. The van der Waals surface area contributed by atoms with Crippen molar-refractivity contribution in [3.63, 3.8) is 0 Å². The molecule has 2 aromatic rings. The van der Waals surface area contributed by atoms with Crippen molar-refractivity contribution in [1.82, 2.24) is 9.97 Å². The van der Waals surface area contributed by atoms with Gasteiger partial charge in [-0.3, -0.25) is 0 Å². The van der Waals surface area contributed by atoms with E-state index in [1.54, 1.807) is 25.4 Å². The highest BCUT2D eigenvalue weighted by Gasteiger charge is 2.19. The summed E-state index contributed by atoms with van der Waals surface area (Å²) < 4.78 is 18.3. The van der Waals surface area contributed by atoms with Crippen LogP contribution in [0.2, 0.25) is 0 Å². The van der Waals surface area contributed by atoms with Gasteiger partial charge in [-0.25, -0.2) is 9.37 Å². The molecule has 3 rings (SSSR count). The summed E-state index contributed by atoms with van der Waals surface area (Å²) in [5, 5.41) is 0. The first kappa shape index (κ1) is 11.9. The average molecular weight is 259 g/mol. The number of rotatable bonds is 2. The van der Waals surface area contributed by atoms with Crippen LogP contribution < -0.4 is 9.64 Å². The Morgan fingerprint density at radius 3 is 3.00 bits per heavy atom. The fraction of sp³-hybridized carbons (Fsp3) is 0.286. The van der Waals surface area contributed by atoms with E-state index in [9.17, 15) is 4.39 Å². The molecule has 98 valence electrons. The molecule has 1 aliphatic heterocycles. The number of ether oxygens (including phenoxy) is 1. The average Bonchev–Trinajstić information content (AvgIpc) is 2.46. The number of methoxy groups -OCH3 is 1. The van der Waals surface area contributed by atoms with Crippen molar-refractivity contribution in [3.8, 4) is 5.88 Å². The monoisotopic (exact) mass is 259 g/mol. The van der Waals surface area contributed by atoms with Crippen molar-refractivity contribution in [2.75, 3.05) is 18.6 Å². The molecule has 0 saturated heterocycles. The number of halogens is 1. The van der Waals surface area contributed by atoms with Gasteiger partial charge in [0.1, 0.15) is 5.82 Å². The maximum absolute atomic E-state index is 13.2. The van der Waals surface area contributed by atoms with Crippen LogP contribution >= 0.6 is 0 Å². The largest absolute Gasteiger partial charge is 0.481 e. The lowest BCUT2D eigenvalue weighted by molar-refractivity contribution is 0.396. The molecule has 0 spiro atoms. The molecule has 0 bridgehead atoms. The Labute approximate surface area is 110 Å². The summed E-state index contributed by atoms with van der Waals surface area (Å²) in [5.74, 6) is 1.02. The van der Waals surface area contributed by atoms with Gasteiger partial charge in [0, 0.05) is 25.4 Å². The van der Waals surface area contributed by atoms with Gasteiger partial charge in [-0.2, -0.15) is 4.98 Å². The van der Waals surface area contributed by atoms with E-state index in [1.807, 2.05) is 6.07 Å². The van der Waals surface area contributed by atoms with E-state index in [2.05, 4.69) is 14.9 Å². The Hall–Kier alpha value is -2.17. The molecule has 0 aliphatic carbocycles. The number of nitrogens with zero attached hydrogens (tertiary/aromatic N) is 3. The van der Waals surface area contributed by atoms with E-state index >= 15 is 0 Å². The van der Waals surface area contributed by atoms with E-state index in [0.29, 0.717) is 18.4 Å². The quantitative estimate of drug-likeness (QED) is 0.828. The Balaban J connectivity index is 1.86. The molecule has 1 aromatic carbocycles. The molecule has 5 heteroatoms. The zero-order valence-corrected chi connectivity index (χ0v) is 10.6. The SMILES string of the molecule is COc1ccnc(N2CCc3cc(F)ccc3C2)n1. The van der Waals surface area contributed by atoms with Crippen LogP contribution in [0, 0.1) is 5.82 Å². The lowest BCUT2D eigenvalue weighted by Gasteiger charge is -2.28. The number of benzene rings is 1. The first-order chi connectivity index (χ1) is 9.26. The Morgan fingerprint density at radius 1 is 1.26 bits per heavy atom. The molecule has 0 atom stereocenters. The van der Waals surface area contributed by atoms with Gasteiger partial charge in [0.05, 0.1) is 7.11 Å². The molecule has 4 nitrogen and oxygen atoms in total. The maximum Gasteiger partial charge on any atom is 0.228 e. The molecule has 0 N–H and O–H groups in total. The van der Waals surface area contributed by atoms with Crippen LogP contribution in [0.3, 0.4) is 0 Å². The van der Waals surface area contributed by atoms with Crippen molar-refractivity contribution < 1.29 is 9.13 Å². The summed E-state index contributed by atoms with van der Waals surface area (Å²) in [6.45, 7) is 1.48. The number of aromatic nitrogens is 2. The van der Waals surface area contributed by atoms with Gasteiger partial charge >= 0.3 is 0 Å². The molecule has 1 aliphatic rings. The highest BCUT2D eigenvalue weighted by Crippen LogP contribution is 2.23. The number of fused-ring (bicyclic) bond motifs is 1. The first-order valence-corrected chi connectivity index (χ1v) is 6.15. The van der Waals surface area contributed by atoms with E-state index in [-0.39, 0.29) is 5.82 Å². The van der Waals surface area contributed by atoms with Gasteiger partial charge in [-0.05, 0) is 29.7 Å². The number of anilines is 1. The van der Waals surface area contributed by atoms with Crippen LogP contribution in [-0.2, 0) is 13.0 Å². The molecule has 0 saturated carbocycles. The minimum absolute atomic E-state index is 0.176. The predicted octanol–water partition coefficient (Wildman–Crippen LogP) is 2.19. The third-order valence-corrected chi connectivity index (χ3v) is 3.29. The lowest BCUT2D eigenvalue weighted by atomic mass is 10.00. The summed E-state index contributed by atoms with van der Waals surface area (Å²) in [6, 6.07) is 6.65. The van der Waals surface area contributed by atoms with Crippen molar-refractivity contribution in [1.29, 1.82) is 0 Å². The Bertz CT molecular complexity index is 603. The van der Waals surface area contributed by atoms with E-state index in [4.69, 9.17) is 4.74 Å². The third-order valence-electron chi connectivity index (χ3n) is 3.29. The normalized spacial score (nSPS) is 14.1. The molecule has 2 heterocycles. The molecule has 1 aromatic heterocycles. The topological polar surface area (TPSA) is 38.2 Å². The zero-order chi connectivity index (χ0) is 13.2. The van der Waals surface area contributed by atoms with Gasteiger partial charge in [-0.15, -0.1) is 0 Å². The van der Waals surface area contributed by atoms with Gasteiger partial charge in [0.2, 0.25) is 11.8 Å². The molecular formula is C14H14FN3O. The van der Waals surface area contributed by atoms with Crippen LogP contribution in [0.4, 0.5) is 10.3 Å². The zero-order valence-electron chi connectivity index (χ0n) is 10.6. The summed E-state index contributed by atoms with van der Waals surface area (Å²) in [5.41, 5.74) is 2.19. The van der Waals surface area contributed by atoms with Gasteiger partial charge < -0.3 is 9.64 Å². The van der Waals surface area contributed by atoms with Crippen LogP contribution in [0.1, 0.15) is 11.1 Å². The van der Waals surface area contributed by atoms with Gasteiger partial charge in [0.15, 0.2) is 0 Å². The Kier molecular flexibility index (Phi) is 3.03. The maximum atomic E-state index is 13.2. The lowest BCUT2D eigenvalue weighted by Crippen LogP contribution is -2.31. The third kappa shape index (κ3) is 2.36. The second-order valence-corrected chi connectivity index (χ2v) is 4.48. The summed E-state index contributed by atoms with van der Waals surface area (Å²) >= 11 is 0. The van der Waals surface area contributed by atoms with Crippen molar-refractivity contribution >= 4 is 5.95 Å². The highest BCUT2D eigenvalue weighted by atomic mass is 19.1. The first-order valence-electron chi connectivity index (χ1n) is 6.15. The van der Waals surface area contributed by atoms with Crippen molar-refractivity contribution in [2.24, 2.45) is 0 Å². The summed E-state index contributed by atoms with van der Waals surface area (Å²) in [7, 11) is 1.58. The minimum Gasteiger partial charge on any atom is -0.481 e. The van der Waals surface area contributed by atoms with E-state index in [0.717, 1.165) is 24.1 Å². The number of hydrogen-bond acceptors (Lipinski definition) is 4. The van der Waals surface area contributed by atoms with Crippen LogP contribution in [0.5, 0.6) is 5.88 Å². The van der Waals surface area contributed by atoms with E-state index in [1.165, 1.54) is 6.07 Å². The second kappa shape index (κ2) is 4.84. The Morgan fingerprint density at radius 2 is 2.16 bits per heavy atom. The molecule has 0 fully saturated rings. The van der Waals surface area contributed by atoms with Crippen LogP contribution in [0.15, 0.2) is 30.5 Å². The molecular weight excluding hydrogens is 245 g/mol. The van der Waals surface area contributed by atoms with Crippen LogP contribution in [0.25, 0.3) is 0 Å². The summed E-state index contributed by atoms with van der Waals surface area (Å²) in [6.07, 6.45) is 2.48. The molecule has 0 unspecified atom stereocenters. The second-order valence-electron chi connectivity index (χ2n) is 4.48. The van der Waals surface area contributed by atoms with E-state index < -0.39 is 0 Å². The fourth-order valence-corrected chi connectivity index (χ4v) is 2.29. The van der Waals surface area contributed by atoms with Crippen LogP contribution in [-0.4, -0.2) is 23.6 Å². The standard InChI is InChI=1S/C14H14FN3O/c1-19-13-4-6-16-14(17-13)18-7-5-10-8-12(15)3-2-11(10)9-18/h2-4,6,8H,5,7,9H2,1H3.